The second-order valence-electron chi connectivity index (χ2n) is 5.74. The summed E-state index contributed by atoms with van der Waals surface area (Å²) in [4.78, 5) is 15.0. The fraction of sp³-hybridized carbons (Fsp3) is 0.167. The number of fused-ring (bicyclic) bond motifs is 1. The number of hydrogen-bond acceptors (Lipinski definition) is 4. The van der Waals surface area contributed by atoms with Crippen molar-refractivity contribution >= 4 is 11.8 Å². The van der Waals surface area contributed by atoms with Gasteiger partial charge in [-0.15, -0.1) is 15.0 Å². The smallest absolute Gasteiger partial charge is 0.360 e. The van der Waals surface area contributed by atoms with Crippen LogP contribution in [0.5, 0.6) is 0 Å². The van der Waals surface area contributed by atoms with E-state index in [0.29, 0.717) is 12.4 Å². The quantitative estimate of drug-likeness (QED) is 0.803. The van der Waals surface area contributed by atoms with Gasteiger partial charge in [0, 0.05) is 13.1 Å². The Hall–Kier alpha value is -3.15. The molecule has 0 aliphatic carbocycles. The predicted octanol–water partition coefficient (Wildman–Crippen LogP) is 2.53. The number of aromatic carboxylic acids is 1. The summed E-state index contributed by atoms with van der Waals surface area (Å²) in [5.74, 6) is -0.646. The van der Waals surface area contributed by atoms with Gasteiger partial charge in [-0.3, -0.25) is 0 Å². The summed E-state index contributed by atoms with van der Waals surface area (Å²) >= 11 is 0. The van der Waals surface area contributed by atoms with E-state index in [0.717, 1.165) is 18.7 Å². The van der Waals surface area contributed by atoms with Crippen LogP contribution in [0.3, 0.4) is 0 Å². The Labute approximate surface area is 139 Å². The van der Waals surface area contributed by atoms with E-state index in [-0.39, 0.29) is 5.69 Å². The first-order valence-electron chi connectivity index (χ1n) is 7.80. The van der Waals surface area contributed by atoms with Gasteiger partial charge in [0.2, 0.25) is 5.69 Å². The van der Waals surface area contributed by atoms with E-state index in [1.165, 1.54) is 15.9 Å². The van der Waals surface area contributed by atoms with Crippen molar-refractivity contribution in [3.8, 4) is 5.69 Å². The number of para-hydroxylation sites is 1. The molecule has 4 rings (SSSR count). The number of rotatable bonds is 3. The first kappa shape index (κ1) is 14.4. The molecule has 0 atom stereocenters. The summed E-state index contributed by atoms with van der Waals surface area (Å²) in [7, 11) is 0. The first-order chi connectivity index (χ1) is 11.7. The molecule has 6 heteroatoms. The van der Waals surface area contributed by atoms with Crippen molar-refractivity contribution in [2.24, 2.45) is 0 Å². The van der Waals surface area contributed by atoms with Gasteiger partial charge in [-0.25, -0.2) is 4.79 Å². The van der Waals surface area contributed by atoms with Crippen LogP contribution in [-0.4, -0.2) is 32.6 Å². The Morgan fingerprint density at radius 3 is 2.42 bits per heavy atom. The molecule has 2 heterocycles. The minimum atomic E-state index is -1.06. The highest BCUT2D eigenvalue weighted by molar-refractivity contribution is 5.91. The lowest BCUT2D eigenvalue weighted by atomic mass is 10.00. The highest BCUT2D eigenvalue weighted by Gasteiger charge is 2.26. The van der Waals surface area contributed by atoms with Crippen LogP contribution < -0.4 is 4.90 Å². The van der Waals surface area contributed by atoms with Gasteiger partial charge in [0.1, 0.15) is 0 Å². The summed E-state index contributed by atoms with van der Waals surface area (Å²) in [6.07, 6.45) is 0.868. The van der Waals surface area contributed by atoms with Crippen molar-refractivity contribution in [2.75, 3.05) is 11.4 Å². The molecular weight excluding hydrogens is 304 g/mol. The Kier molecular flexibility index (Phi) is 3.49. The highest BCUT2D eigenvalue weighted by Crippen LogP contribution is 2.25. The molecule has 6 nitrogen and oxygen atoms in total. The highest BCUT2D eigenvalue weighted by atomic mass is 16.4. The molecule has 0 fully saturated rings. The number of carboxylic acid groups (broad SMARTS) is 1. The number of anilines is 1. The maximum Gasteiger partial charge on any atom is 0.360 e. The van der Waals surface area contributed by atoms with Crippen molar-refractivity contribution in [1.29, 1.82) is 0 Å². The van der Waals surface area contributed by atoms with Gasteiger partial charge in [-0.2, -0.15) is 0 Å². The van der Waals surface area contributed by atoms with Crippen LogP contribution in [0.1, 0.15) is 21.6 Å². The van der Waals surface area contributed by atoms with Gasteiger partial charge < -0.3 is 10.0 Å². The topological polar surface area (TPSA) is 71.2 Å². The molecule has 0 bridgehead atoms. The zero-order chi connectivity index (χ0) is 16.5. The molecule has 0 spiro atoms. The summed E-state index contributed by atoms with van der Waals surface area (Å²) in [5, 5.41) is 18.1. The van der Waals surface area contributed by atoms with Crippen LogP contribution in [-0.2, 0) is 13.0 Å². The second-order valence-corrected chi connectivity index (χ2v) is 5.74. The Morgan fingerprint density at radius 2 is 1.67 bits per heavy atom. The molecule has 120 valence electrons. The summed E-state index contributed by atoms with van der Waals surface area (Å²) in [6.45, 7) is 1.37. The molecule has 1 aliphatic rings. The number of benzene rings is 2. The lowest BCUT2D eigenvalue weighted by Crippen LogP contribution is -2.31. The van der Waals surface area contributed by atoms with Crippen LogP contribution in [0.25, 0.3) is 5.69 Å². The SMILES string of the molecule is O=C(O)c1nn(-c2ccccc2)nc1N1CCc2ccccc2C1. The van der Waals surface area contributed by atoms with Crippen molar-refractivity contribution < 1.29 is 9.90 Å². The van der Waals surface area contributed by atoms with E-state index in [1.54, 1.807) is 0 Å². The second kappa shape index (κ2) is 5.81. The first-order valence-corrected chi connectivity index (χ1v) is 7.80. The standard InChI is InChI=1S/C18H16N4O2/c23-18(24)16-17(20-22(19-16)15-8-2-1-3-9-15)21-11-10-13-6-4-5-7-14(13)12-21/h1-9H,10-12H2,(H,23,24). The van der Waals surface area contributed by atoms with Gasteiger partial charge >= 0.3 is 5.97 Å². The van der Waals surface area contributed by atoms with E-state index in [9.17, 15) is 9.90 Å². The van der Waals surface area contributed by atoms with Gasteiger partial charge in [0.05, 0.1) is 5.69 Å². The number of aromatic nitrogens is 3. The fourth-order valence-electron chi connectivity index (χ4n) is 3.00. The predicted molar refractivity (Wildman–Crippen MR) is 89.5 cm³/mol. The maximum absolute atomic E-state index is 11.6. The zero-order valence-electron chi connectivity index (χ0n) is 13.0. The van der Waals surface area contributed by atoms with Gasteiger partial charge in [0.15, 0.2) is 5.82 Å². The van der Waals surface area contributed by atoms with E-state index in [4.69, 9.17) is 0 Å². The van der Waals surface area contributed by atoms with E-state index >= 15 is 0 Å². The molecular formula is C18H16N4O2. The minimum Gasteiger partial charge on any atom is -0.476 e. The van der Waals surface area contributed by atoms with Crippen LogP contribution >= 0.6 is 0 Å². The van der Waals surface area contributed by atoms with Gasteiger partial charge in [-0.1, -0.05) is 42.5 Å². The van der Waals surface area contributed by atoms with Gasteiger partial charge in [0.25, 0.3) is 0 Å². The average Bonchev–Trinajstić information content (AvgIpc) is 3.08. The van der Waals surface area contributed by atoms with Crippen LogP contribution in [0.2, 0.25) is 0 Å². The maximum atomic E-state index is 11.6. The molecule has 0 radical (unpaired) electrons. The molecule has 0 saturated carbocycles. The van der Waals surface area contributed by atoms with E-state index in [2.05, 4.69) is 22.3 Å². The zero-order valence-corrected chi connectivity index (χ0v) is 13.0. The van der Waals surface area contributed by atoms with Crippen molar-refractivity contribution in [3.63, 3.8) is 0 Å². The molecule has 3 aromatic rings. The van der Waals surface area contributed by atoms with Crippen molar-refractivity contribution in [2.45, 2.75) is 13.0 Å². The normalized spacial score (nSPS) is 13.6. The van der Waals surface area contributed by atoms with Crippen LogP contribution in [0.4, 0.5) is 5.82 Å². The molecule has 1 aromatic heterocycles. The molecule has 1 N–H and O–H groups in total. The van der Waals surface area contributed by atoms with E-state index < -0.39 is 5.97 Å². The van der Waals surface area contributed by atoms with Crippen molar-refractivity contribution in [1.82, 2.24) is 15.0 Å². The lowest BCUT2D eigenvalue weighted by Gasteiger charge is -2.28. The number of carbonyl (C=O) groups is 1. The summed E-state index contributed by atoms with van der Waals surface area (Å²) < 4.78 is 0. The Morgan fingerprint density at radius 1 is 0.958 bits per heavy atom. The van der Waals surface area contributed by atoms with Crippen LogP contribution in [0.15, 0.2) is 54.6 Å². The third-order valence-electron chi connectivity index (χ3n) is 4.22. The fourth-order valence-corrected chi connectivity index (χ4v) is 3.00. The number of nitrogens with zero attached hydrogens (tertiary/aromatic N) is 4. The largest absolute Gasteiger partial charge is 0.476 e. The lowest BCUT2D eigenvalue weighted by molar-refractivity contribution is 0.0690. The third kappa shape index (κ3) is 2.52. The molecule has 0 saturated heterocycles. The third-order valence-corrected chi connectivity index (χ3v) is 4.22. The Balaban J connectivity index is 1.73. The van der Waals surface area contributed by atoms with Gasteiger partial charge in [-0.05, 0) is 29.7 Å². The monoisotopic (exact) mass is 320 g/mol. The molecule has 2 aromatic carbocycles. The molecule has 0 amide bonds. The summed E-state index contributed by atoms with van der Waals surface area (Å²) in [5.41, 5.74) is 3.23. The number of carboxylic acids is 1. The molecule has 1 aliphatic heterocycles. The average molecular weight is 320 g/mol. The van der Waals surface area contributed by atoms with Crippen molar-refractivity contribution in [3.05, 3.63) is 71.4 Å². The van der Waals surface area contributed by atoms with Crippen LogP contribution in [0, 0.1) is 0 Å². The number of hydrogen-bond donors (Lipinski definition) is 1. The van der Waals surface area contributed by atoms with E-state index in [1.807, 2.05) is 47.4 Å². The molecule has 24 heavy (non-hydrogen) atoms. The Bertz CT molecular complexity index is 889. The minimum absolute atomic E-state index is 0.0155. The summed E-state index contributed by atoms with van der Waals surface area (Å²) in [6, 6.07) is 17.6. The molecule has 0 unspecified atom stereocenters.